The van der Waals surface area contributed by atoms with E-state index in [0.717, 1.165) is 93.9 Å². The van der Waals surface area contributed by atoms with Gasteiger partial charge in [-0.3, -0.25) is 14.4 Å². The summed E-state index contributed by atoms with van der Waals surface area (Å²) in [5, 5.41) is 13.6. The van der Waals surface area contributed by atoms with E-state index in [4.69, 9.17) is 37.8 Å². The number of nitrogens with one attached hydrogen (secondary N) is 2. The van der Waals surface area contributed by atoms with Gasteiger partial charge in [-0.15, -0.1) is 0 Å². The zero-order valence-corrected chi connectivity index (χ0v) is 30.3. The van der Waals surface area contributed by atoms with Crippen LogP contribution in [0.1, 0.15) is 42.9 Å². The van der Waals surface area contributed by atoms with Gasteiger partial charge in [0.05, 0.1) is 37.5 Å². The van der Waals surface area contributed by atoms with Crippen LogP contribution >= 0.6 is 23.2 Å². The molecule has 4 aromatic carbocycles. The summed E-state index contributed by atoms with van der Waals surface area (Å²) in [5.41, 5.74) is 7.91. The summed E-state index contributed by atoms with van der Waals surface area (Å²) in [6, 6.07) is 22.8. The number of nitrogens with zero attached hydrogens (tertiary/aromatic N) is 3. The maximum atomic E-state index is 11.5. The molecule has 0 saturated carbocycles. The van der Waals surface area contributed by atoms with Gasteiger partial charge in [0.2, 0.25) is 5.91 Å². The number of methoxy groups -OCH3 is 2. The standard InChI is InChI=1S/C40H43Cl2N5O3/c1-25-14-15-46(22-25)23-29-16-35(41)28(18-38(29)50-3)24-47-36-9-5-7-32(34(36)21-44-47)33-8-4-6-31(40(33)42)26-10-11-27(37(17-26)49-2)19-43-20-30-12-13-39(48)45-30/h4-11,16-18,21,25,30,43H,12-15,19-20,22-24H2,1-3H3,(H,45,48). The molecule has 2 saturated heterocycles. The average molecular weight is 713 g/mol. The van der Waals surface area contributed by atoms with E-state index in [1.165, 1.54) is 6.42 Å². The monoisotopic (exact) mass is 711 g/mol. The molecule has 0 aliphatic carbocycles. The van der Waals surface area contributed by atoms with Crippen LogP contribution in [0.2, 0.25) is 10.0 Å². The number of carbonyl (C=O) groups excluding carboxylic acids is 1. The fourth-order valence-electron chi connectivity index (χ4n) is 7.34. The molecule has 2 atom stereocenters. The molecule has 2 aliphatic heterocycles. The van der Waals surface area contributed by atoms with E-state index >= 15 is 0 Å². The van der Waals surface area contributed by atoms with Crippen LogP contribution in [0.4, 0.5) is 0 Å². The van der Waals surface area contributed by atoms with Crippen molar-refractivity contribution >= 4 is 40.0 Å². The molecule has 50 heavy (non-hydrogen) atoms. The number of aromatic nitrogens is 2. The van der Waals surface area contributed by atoms with Crippen LogP contribution < -0.4 is 20.1 Å². The first-order valence-electron chi connectivity index (χ1n) is 17.3. The minimum atomic E-state index is 0.123. The second-order valence-electron chi connectivity index (χ2n) is 13.6. The fourth-order valence-corrected chi connectivity index (χ4v) is 7.92. The Labute approximate surface area is 303 Å². The molecule has 2 unspecified atom stereocenters. The van der Waals surface area contributed by atoms with Crippen molar-refractivity contribution in [3.8, 4) is 33.8 Å². The third-order valence-corrected chi connectivity index (χ3v) is 10.8. The van der Waals surface area contributed by atoms with E-state index < -0.39 is 0 Å². The highest BCUT2D eigenvalue weighted by Crippen LogP contribution is 2.40. The Hall–Kier alpha value is -4.08. The topological polar surface area (TPSA) is 80.7 Å². The summed E-state index contributed by atoms with van der Waals surface area (Å²) < 4.78 is 13.6. The van der Waals surface area contributed by atoms with Gasteiger partial charge in [-0.25, -0.2) is 0 Å². The van der Waals surface area contributed by atoms with Gasteiger partial charge in [-0.1, -0.05) is 72.6 Å². The van der Waals surface area contributed by atoms with E-state index in [9.17, 15) is 4.79 Å². The molecule has 5 aromatic rings. The van der Waals surface area contributed by atoms with E-state index in [1.807, 2.05) is 35.1 Å². The van der Waals surface area contributed by atoms with Crippen LogP contribution in [0.25, 0.3) is 33.2 Å². The van der Waals surface area contributed by atoms with Gasteiger partial charge >= 0.3 is 0 Å². The highest BCUT2D eigenvalue weighted by Gasteiger charge is 2.22. The molecule has 2 N–H and O–H groups in total. The molecule has 1 amide bonds. The third-order valence-electron chi connectivity index (χ3n) is 10.0. The quantitative estimate of drug-likeness (QED) is 0.137. The number of likely N-dealkylation sites (tertiary alicyclic amines) is 1. The zero-order chi connectivity index (χ0) is 34.8. The van der Waals surface area contributed by atoms with E-state index in [-0.39, 0.29) is 11.9 Å². The molecule has 8 nitrogen and oxygen atoms in total. The number of halogens is 2. The van der Waals surface area contributed by atoms with Crippen LogP contribution in [-0.4, -0.2) is 60.5 Å². The second-order valence-corrected chi connectivity index (χ2v) is 14.3. The van der Waals surface area contributed by atoms with Crippen molar-refractivity contribution in [2.24, 2.45) is 5.92 Å². The van der Waals surface area contributed by atoms with Gasteiger partial charge in [-0.2, -0.15) is 5.10 Å². The van der Waals surface area contributed by atoms with Crippen molar-refractivity contribution in [2.45, 2.75) is 51.9 Å². The van der Waals surface area contributed by atoms with Crippen LogP contribution in [0.3, 0.4) is 0 Å². The fraction of sp³-hybridized carbons (Fsp3) is 0.350. The van der Waals surface area contributed by atoms with Crippen LogP contribution in [0.15, 0.2) is 72.9 Å². The van der Waals surface area contributed by atoms with Crippen molar-refractivity contribution in [2.75, 3.05) is 33.9 Å². The Morgan fingerprint density at radius 3 is 2.44 bits per heavy atom. The van der Waals surface area contributed by atoms with Crippen molar-refractivity contribution in [3.63, 3.8) is 0 Å². The second kappa shape index (κ2) is 15.0. The molecule has 260 valence electrons. The number of amides is 1. The summed E-state index contributed by atoms with van der Waals surface area (Å²) in [7, 11) is 3.40. The number of fused-ring (bicyclic) bond motifs is 1. The molecule has 3 heterocycles. The molecule has 0 bridgehead atoms. The summed E-state index contributed by atoms with van der Waals surface area (Å²) in [4.78, 5) is 14.0. The molecular weight excluding hydrogens is 669 g/mol. The molecule has 0 radical (unpaired) electrons. The molecule has 0 spiro atoms. The molecular formula is C40H43Cl2N5O3. The first kappa shape index (κ1) is 34.4. The number of rotatable bonds is 12. The Morgan fingerprint density at radius 1 is 0.900 bits per heavy atom. The largest absolute Gasteiger partial charge is 0.496 e. The highest BCUT2D eigenvalue weighted by molar-refractivity contribution is 6.36. The lowest BCUT2D eigenvalue weighted by Crippen LogP contribution is -2.35. The Kier molecular flexibility index (Phi) is 10.3. The van der Waals surface area contributed by atoms with Gasteiger partial charge < -0.3 is 20.1 Å². The predicted octanol–water partition coefficient (Wildman–Crippen LogP) is 7.95. The van der Waals surface area contributed by atoms with Gasteiger partial charge in [0, 0.05) is 71.3 Å². The van der Waals surface area contributed by atoms with Crippen LogP contribution in [0.5, 0.6) is 11.5 Å². The van der Waals surface area contributed by atoms with Gasteiger partial charge in [-0.05, 0) is 66.3 Å². The maximum absolute atomic E-state index is 11.5. The molecule has 2 aliphatic rings. The summed E-state index contributed by atoms with van der Waals surface area (Å²) in [6.07, 6.45) is 4.59. The first-order valence-corrected chi connectivity index (χ1v) is 18.0. The number of carbonyl (C=O) groups is 1. The smallest absolute Gasteiger partial charge is 0.220 e. The van der Waals surface area contributed by atoms with Gasteiger partial charge in [0.15, 0.2) is 0 Å². The summed E-state index contributed by atoms with van der Waals surface area (Å²) >= 11 is 14.1. The minimum Gasteiger partial charge on any atom is -0.496 e. The molecule has 1 aromatic heterocycles. The third kappa shape index (κ3) is 7.21. The minimum absolute atomic E-state index is 0.123. The van der Waals surface area contributed by atoms with E-state index in [2.05, 4.69) is 64.9 Å². The lowest BCUT2D eigenvalue weighted by Gasteiger charge is -2.19. The average Bonchev–Trinajstić information content (AvgIpc) is 3.85. The Bertz CT molecular complexity index is 2030. The Morgan fingerprint density at radius 2 is 1.68 bits per heavy atom. The molecule has 7 rings (SSSR count). The van der Waals surface area contributed by atoms with Crippen molar-refractivity contribution < 1.29 is 14.3 Å². The van der Waals surface area contributed by atoms with Gasteiger partial charge in [0.25, 0.3) is 0 Å². The van der Waals surface area contributed by atoms with Crippen molar-refractivity contribution in [1.82, 2.24) is 25.3 Å². The normalized spacial score (nSPS) is 17.8. The first-order chi connectivity index (χ1) is 24.3. The zero-order valence-electron chi connectivity index (χ0n) is 28.8. The molecule has 2 fully saturated rings. The lowest BCUT2D eigenvalue weighted by molar-refractivity contribution is -0.119. The van der Waals surface area contributed by atoms with Crippen molar-refractivity contribution in [3.05, 3.63) is 99.7 Å². The number of hydrogen-bond donors (Lipinski definition) is 2. The predicted molar refractivity (Wildman–Crippen MR) is 201 cm³/mol. The molecule has 10 heteroatoms. The van der Waals surface area contributed by atoms with E-state index in [1.54, 1.807) is 14.2 Å². The summed E-state index contributed by atoms with van der Waals surface area (Å²) in [6.45, 7) is 7.19. The van der Waals surface area contributed by atoms with E-state index in [0.29, 0.717) is 35.5 Å². The lowest BCUT2D eigenvalue weighted by atomic mass is 9.96. The summed E-state index contributed by atoms with van der Waals surface area (Å²) in [5.74, 6) is 2.47. The number of hydrogen-bond acceptors (Lipinski definition) is 6. The van der Waals surface area contributed by atoms with Crippen molar-refractivity contribution in [1.29, 1.82) is 0 Å². The van der Waals surface area contributed by atoms with Gasteiger partial charge in [0.1, 0.15) is 11.5 Å². The van der Waals surface area contributed by atoms with Crippen LogP contribution in [0, 0.1) is 5.92 Å². The van der Waals surface area contributed by atoms with Crippen LogP contribution in [-0.2, 0) is 24.4 Å². The highest BCUT2D eigenvalue weighted by atomic mass is 35.5. The Balaban J connectivity index is 1.12. The number of ether oxygens (including phenoxy) is 2. The maximum Gasteiger partial charge on any atom is 0.220 e. The SMILES string of the molecule is COc1cc(-c2cccc(-c3cccc4c3cnn4Cc3cc(OC)c(CN4CCC(C)C4)cc3Cl)c2Cl)ccc1CNCC1CCC(=O)N1. The number of benzene rings is 4.